The first-order chi connectivity index (χ1) is 7.09. The van der Waals surface area contributed by atoms with Crippen LogP contribution in [0.3, 0.4) is 0 Å². The van der Waals surface area contributed by atoms with Crippen LogP contribution >= 0.6 is 15.9 Å². The van der Waals surface area contributed by atoms with Gasteiger partial charge in [-0.25, -0.2) is 8.78 Å². The van der Waals surface area contributed by atoms with Crippen LogP contribution in [0.5, 0.6) is 0 Å². The van der Waals surface area contributed by atoms with Crippen LogP contribution in [0.4, 0.5) is 8.78 Å². The van der Waals surface area contributed by atoms with Crippen molar-refractivity contribution in [1.82, 2.24) is 0 Å². The van der Waals surface area contributed by atoms with E-state index < -0.39 is 12.2 Å². The fraction of sp³-hybridized carbons (Fsp3) is 0.364. The predicted molar refractivity (Wildman–Crippen MR) is 58.1 cm³/mol. The Hall–Kier alpha value is -0.770. The monoisotopic (exact) mass is 276 g/mol. The summed E-state index contributed by atoms with van der Waals surface area (Å²) in [5.41, 5.74) is 1.06. The Balaban J connectivity index is 2.32. The molecule has 0 heterocycles. The van der Waals surface area contributed by atoms with Crippen molar-refractivity contribution in [2.75, 3.05) is 0 Å². The van der Waals surface area contributed by atoms with Crippen LogP contribution in [0.25, 0.3) is 0 Å². The van der Waals surface area contributed by atoms with Gasteiger partial charge in [0.2, 0.25) is 0 Å². The number of carbonyl (C=O) groups is 1. The summed E-state index contributed by atoms with van der Waals surface area (Å²) >= 11 is 3.30. The van der Waals surface area contributed by atoms with Gasteiger partial charge in [0.25, 0.3) is 6.43 Å². The number of carbonyl (C=O) groups excluding carboxylic acids is 1. The van der Waals surface area contributed by atoms with Crippen molar-refractivity contribution >= 4 is 21.7 Å². The van der Waals surface area contributed by atoms with Crippen molar-refractivity contribution in [3.63, 3.8) is 0 Å². The number of benzene rings is 1. The van der Waals surface area contributed by atoms with Crippen molar-refractivity contribution in [3.05, 3.63) is 34.3 Å². The largest absolute Gasteiger partial charge is 0.295 e. The molecule has 1 aromatic carbocycles. The summed E-state index contributed by atoms with van der Waals surface area (Å²) in [5.74, 6) is -0.966. The van der Waals surface area contributed by atoms with E-state index in [4.69, 9.17) is 0 Å². The second-order valence-corrected chi connectivity index (χ2v) is 4.16. The van der Waals surface area contributed by atoms with E-state index in [0.717, 1.165) is 10.0 Å². The van der Waals surface area contributed by atoms with E-state index in [1.807, 2.05) is 24.3 Å². The van der Waals surface area contributed by atoms with Crippen LogP contribution in [0, 0.1) is 0 Å². The molecular formula is C11H11BrF2O. The van der Waals surface area contributed by atoms with Crippen molar-refractivity contribution < 1.29 is 13.6 Å². The Morgan fingerprint density at radius 2 is 1.87 bits per heavy atom. The summed E-state index contributed by atoms with van der Waals surface area (Å²) in [6.45, 7) is 0. The average molecular weight is 277 g/mol. The number of Topliss-reactive ketones (excluding diaryl/α,β-unsaturated/α-hetero) is 1. The van der Waals surface area contributed by atoms with Gasteiger partial charge in [-0.1, -0.05) is 28.1 Å². The van der Waals surface area contributed by atoms with E-state index in [1.165, 1.54) is 0 Å². The molecule has 0 atom stereocenters. The lowest BCUT2D eigenvalue weighted by Gasteiger charge is -2.01. The molecule has 0 saturated carbocycles. The van der Waals surface area contributed by atoms with E-state index in [9.17, 15) is 13.6 Å². The van der Waals surface area contributed by atoms with Gasteiger partial charge in [-0.3, -0.25) is 4.79 Å². The maximum atomic E-state index is 11.9. The number of rotatable bonds is 5. The molecule has 1 nitrogen and oxygen atoms in total. The highest BCUT2D eigenvalue weighted by molar-refractivity contribution is 9.10. The van der Waals surface area contributed by atoms with E-state index in [0.29, 0.717) is 12.8 Å². The minimum Gasteiger partial charge on any atom is -0.293 e. The zero-order valence-electron chi connectivity index (χ0n) is 8.05. The highest BCUT2D eigenvalue weighted by Gasteiger charge is 2.13. The first-order valence-corrected chi connectivity index (χ1v) is 5.44. The molecule has 0 N–H and O–H groups in total. The van der Waals surface area contributed by atoms with Gasteiger partial charge in [-0.05, 0) is 30.5 Å². The zero-order chi connectivity index (χ0) is 11.3. The van der Waals surface area contributed by atoms with Crippen LogP contribution in [0.15, 0.2) is 28.7 Å². The molecule has 15 heavy (non-hydrogen) atoms. The summed E-state index contributed by atoms with van der Waals surface area (Å²) in [6, 6.07) is 7.61. The number of halogens is 3. The molecule has 0 bridgehead atoms. The highest BCUT2D eigenvalue weighted by Crippen LogP contribution is 2.13. The molecule has 0 fully saturated rings. The second kappa shape index (κ2) is 5.95. The maximum Gasteiger partial charge on any atom is 0.295 e. The van der Waals surface area contributed by atoms with E-state index in [-0.39, 0.29) is 6.42 Å². The molecule has 0 aliphatic rings. The number of hydrogen-bond donors (Lipinski definition) is 0. The number of alkyl halides is 2. The third-order valence-corrected chi connectivity index (χ3v) is 2.57. The van der Waals surface area contributed by atoms with Crippen molar-refractivity contribution in [3.8, 4) is 0 Å². The summed E-state index contributed by atoms with van der Waals surface area (Å²) in [5, 5.41) is 0. The van der Waals surface area contributed by atoms with Gasteiger partial charge < -0.3 is 0 Å². The Kier molecular flexibility index (Phi) is 4.88. The van der Waals surface area contributed by atoms with Gasteiger partial charge in [0.15, 0.2) is 5.78 Å². The Morgan fingerprint density at radius 1 is 1.27 bits per heavy atom. The molecule has 0 unspecified atom stereocenters. The van der Waals surface area contributed by atoms with Crippen molar-refractivity contribution in [2.24, 2.45) is 0 Å². The second-order valence-electron chi connectivity index (χ2n) is 3.25. The molecule has 0 spiro atoms. The van der Waals surface area contributed by atoms with Crippen LogP contribution in [0.1, 0.15) is 18.4 Å². The smallest absolute Gasteiger partial charge is 0.293 e. The Bertz CT molecular complexity index is 322. The van der Waals surface area contributed by atoms with Crippen molar-refractivity contribution in [2.45, 2.75) is 25.7 Å². The first kappa shape index (κ1) is 12.3. The lowest BCUT2D eigenvalue weighted by Crippen LogP contribution is -2.09. The molecule has 82 valence electrons. The number of ketones is 1. The summed E-state index contributed by atoms with van der Waals surface area (Å²) in [4.78, 5) is 10.6. The van der Waals surface area contributed by atoms with Crippen LogP contribution in [-0.4, -0.2) is 12.2 Å². The molecule has 1 aromatic rings. The fourth-order valence-corrected chi connectivity index (χ4v) is 1.49. The van der Waals surface area contributed by atoms with Gasteiger partial charge in [0.05, 0.1) is 0 Å². The van der Waals surface area contributed by atoms with Gasteiger partial charge in [0.1, 0.15) is 0 Å². The SMILES string of the molecule is O=C(CCCc1ccc(Br)cc1)C(F)F. The molecule has 4 heteroatoms. The molecule has 0 aliphatic heterocycles. The molecule has 0 saturated heterocycles. The van der Waals surface area contributed by atoms with E-state index >= 15 is 0 Å². The minimum absolute atomic E-state index is 0.0479. The van der Waals surface area contributed by atoms with Gasteiger partial charge in [-0.15, -0.1) is 0 Å². The zero-order valence-corrected chi connectivity index (χ0v) is 9.64. The normalized spacial score (nSPS) is 10.7. The van der Waals surface area contributed by atoms with Gasteiger partial charge >= 0.3 is 0 Å². The van der Waals surface area contributed by atoms with Gasteiger partial charge in [-0.2, -0.15) is 0 Å². The van der Waals surface area contributed by atoms with Crippen molar-refractivity contribution in [1.29, 1.82) is 0 Å². The Labute approximate surface area is 95.6 Å². The third kappa shape index (κ3) is 4.51. The standard InChI is InChI=1S/C11H11BrF2O/c12-9-6-4-8(5-7-9)2-1-3-10(15)11(13)14/h4-7,11H,1-3H2. The summed E-state index contributed by atoms with van der Waals surface area (Å²) in [7, 11) is 0. The highest BCUT2D eigenvalue weighted by atomic mass is 79.9. The summed E-state index contributed by atoms with van der Waals surface area (Å²) in [6.07, 6.45) is -1.74. The topological polar surface area (TPSA) is 17.1 Å². The quantitative estimate of drug-likeness (QED) is 0.803. The molecular weight excluding hydrogens is 266 g/mol. The molecule has 0 aliphatic carbocycles. The maximum absolute atomic E-state index is 11.9. The van der Waals surface area contributed by atoms with E-state index in [1.54, 1.807) is 0 Å². The summed E-state index contributed by atoms with van der Waals surface area (Å²) < 4.78 is 24.7. The van der Waals surface area contributed by atoms with Gasteiger partial charge in [0, 0.05) is 10.9 Å². The fourth-order valence-electron chi connectivity index (χ4n) is 1.23. The average Bonchev–Trinajstić information content (AvgIpc) is 2.20. The molecule has 0 amide bonds. The lowest BCUT2D eigenvalue weighted by molar-refractivity contribution is -0.129. The lowest BCUT2D eigenvalue weighted by atomic mass is 10.1. The Morgan fingerprint density at radius 3 is 2.40 bits per heavy atom. The molecule has 0 radical (unpaired) electrons. The van der Waals surface area contributed by atoms with Crippen LogP contribution in [-0.2, 0) is 11.2 Å². The molecule has 1 rings (SSSR count). The first-order valence-electron chi connectivity index (χ1n) is 4.65. The van der Waals surface area contributed by atoms with E-state index in [2.05, 4.69) is 15.9 Å². The third-order valence-electron chi connectivity index (χ3n) is 2.05. The van der Waals surface area contributed by atoms with Crippen LogP contribution < -0.4 is 0 Å². The molecule has 0 aromatic heterocycles. The predicted octanol–water partition coefficient (Wildman–Crippen LogP) is 3.61. The van der Waals surface area contributed by atoms with Crippen LogP contribution in [0.2, 0.25) is 0 Å². The number of hydrogen-bond acceptors (Lipinski definition) is 1. The minimum atomic E-state index is -2.82. The number of aryl methyl sites for hydroxylation is 1.